The summed E-state index contributed by atoms with van der Waals surface area (Å²) in [6, 6.07) is 2.47. The van der Waals surface area contributed by atoms with Crippen molar-refractivity contribution < 1.29 is 0 Å². The number of nitrogens with one attached hydrogen (secondary N) is 1. The molecule has 14 heavy (non-hydrogen) atoms. The number of aromatic nitrogens is 1. The lowest BCUT2D eigenvalue weighted by atomic mass is 10.1. The van der Waals surface area contributed by atoms with Crippen LogP contribution in [0.5, 0.6) is 0 Å². The number of nitrogens with two attached hydrogens (primary N) is 1. The van der Waals surface area contributed by atoms with E-state index in [0.29, 0.717) is 6.04 Å². The number of anilines is 1. The SMILES string of the molecule is CC(C)Nc1ccncc1CCCN. The molecule has 3 heteroatoms. The predicted molar refractivity (Wildman–Crippen MR) is 60.4 cm³/mol. The average Bonchev–Trinajstić information content (AvgIpc) is 2.16. The van der Waals surface area contributed by atoms with Crippen LogP contribution in [0, 0.1) is 0 Å². The first-order valence-corrected chi connectivity index (χ1v) is 5.13. The van der Waals surface area contributed by atoms with E-state index in [-0.39, 0.29) is 0 Å². The van der Waals surface area contributed by atoms with Gasteiger partial charge in [-0.1, -0.05) is 0 Å². The molecule has 0 saturated heterocycles. The molecule has 0 aromatic carbocycles. The summed E-state index contributed by atoms with van der Waals surface area (Å²) in [5.41, 5.74) is 7.93. The van der Waals surface area contributed by atoms with Gasteiger partial charge < -0.3 is 11.1 Å². The molecule has 1 aromatic heterocycles. The highest BCUT2D eigenvalue weighted by molar-refractivity contribution is 5.50. The number of pyridine rings is 1. The molecule has 1 aromatic rings. The van der Waals surface area contributed by atoms with E-state index in [1.54, 1.807) is 0 Å². The average molecular weight is 193 g/mol. The Bertz CT molecular complexity index is 271. The Balaban J connectivity index is 2.69. The molecular weight excluding hydrogens is 174 g/mol. The maximum absolute atomic E-state index is 5.49. The summed E-state index contributed by atoms with van der Waals surface area (Å²) in [5, 5.41) is 3.40. The minimum absolute atomic E-state index is 0.453. The molecule has 0 fully saturated rings. The highest BCUT2D eigenvalue weighted by Crippen LogP contribution is 2.15. The Morgan fingerprint density at radius 1 is 1.50 bits per heavy atom. The maximum atomic E-state index is 5.49. The van der Waals surface area contributed by atoms with E-state index in [2.05, 4.69) is 24.1 Å². The van der Waals surface area contributed by atoms with Gasteiger partial charge in [0.2, 0.25) is 0 Å². The van der Waals surface area contributed by atoms with Crippen LogP contribution in [0.25, 0.3) is 0 Å². The van der Waals surface area contributed by atoms with Gasteiger partial charge in [0.1, 0.15) is 0 Å². The minimum atomic E-state index is 0.453. The van der Waals surface area contributed by atoms with Crippen LogP contribution in [-0.4, -0.2) is 17.6 Å². The molecule has 0 radical (unpaired) electrons. The first-order valence-electron chi connectivity index (χ1n) is 5.13. The minimum Gasteiger partial charge on any atom is -0.383 e. The Morgan fingerprint density at radius 2 is 2.29 bits per heavy atom. The van der Waals surface area contributed by atoms with Gasteiger partial charge in [-0.05, 0) is 44.9 Å². The summed E-state index contributed by atoms with van der Waals surface area (Å²) in [4.78, 5) is 4.12. The largest absolute Gasteiger partial charge is 0.383 e. The van der Waals surface area contributed by atoms with Crippen LogP contribution >= 0.6 is 0 Å². The van der Waals surface area contributed by atoms with Gasteiger partial charge in [-0.3, -0.25) is 4.98 Å². The van der Waals surface area contributed by atoms with Crippen molar-refractivity contribution in [3.05, 3.63) is 24.0 Å². The van der Waals surface area contributed by atoms with Crippen LogP contribution in [-0.2, 0) is 6.42 Å². The predicted octanol–water partition coefficient (Wildman–Crippen LogP) is 1.79. The lowest BCUT2D eigenvalue weighted by molar-refractivity contribution is 0.822. The van der Waals surface area contributed by atoms with E-state index in [0.717, 1.165) is 19.4 Å². The van der Waals surface area contributed by atoms with Gasteiger partial charge in [0, 0.05) is 24.1 Å². The van der Waals surface area contributed by atoms with Crippen molar-refractivity contribution in [2.24, 2.45) is 5.73 Å². The third kappa shape index (κ3) is 3.34. The van der Waals surface area contributed by atoms with Crippen molar-refractivity contribution in [2.75, 3.05) is 11.9 Å². The first kappa shape index (κ1) is 11.0. The van der Waals surface area contributed by atoms with Gasteiger partial charge in [0.25, 0.3) is 0 Å². The van der Waals surface area contributed by atoms with Crippen LogP contribution in [0.3, 0.4) is 0 Å². The molecule has 0 atom stereocenters. The molecule has 0 aliphatic rings. The first-order chi connectivity index (χ1) is 6.74. The summed E-state index contributed by atoms with van der Waals surface area (Å²) in [6.07, 6.45) is 5.74. The molecule has 0 amide bonds. The molecule has 3 N–H and O–H groups in total. The van der Waals surface area contributed by atoms with Crippen molar-refractivity contribution in [3.63, 3.8) is 0 Å². The van der Waals surface area contributed by atoms with Crippen molar-refractivity contribution in [3.8, 4) is 0 Å². The van der Waals surface area contributed by atoms with Crippen LogP contribution in [0.15, 0.2) is 18.5 Å². The summed E-state index contributed by atoms with van der Waals surface area (Å²) in [6.45, 7) is 5.00. The summed E-state index contributed by atoms with van der Waals surface area (Å²) >= 11 is 0. The number of aryl methyl sites for hydroxylation is 1. The van der Waals surface area contributed by atoms with Crippen molar-refractivity contribution >= 4 is 5.69 Å². The topological polar surface area (TPSA) is 50.9 Å². The molecule has 0 saturated carbocycles. The molecule has 1 rings (SSSR count). The van der Waals surface area contributed by atoms with E-state index in [1.807, 2.05) is 18.5 Å². The van der Waals surface area contributed by atoms with E-state index < -0.39 is 0 Å². The Morgan fingerprint density at radius 3 is 2.93 bits per heavy atom. The summed E-state index contributed by atoms with van der Waals surface area (Å²) in [5.74, 6) is 0. The zero-order valence-corrected chi connectivity index (χ0v) is 8.96. The van der Waals surface area contributed by atoms with Crippen molar-refractivity contribution in [1.29, 1.82) is 0 Å². The van der Waals surface area contributed by atoms with Crippen LogP contribution < -0.4 is 11.1 Å². The molecule has 0 aliphatic heterocycles. The monoisotopic (exact) mass is 193 g/mol. The summed E-state index contributed by atoms with van der Waals surface area (Å²) in [7, 11) is 0. The third-order valence-electron chi connectivity index (χ3n) is 2.00. The molecular formula is C11H19N3. The molecule has 0 aliphatic carbocycles. The zero-order valence-electron chi connectivity index (χ0n) is 8.96. The van der Waals surface area contributed by atoms with Gasteiger partial charge in [-0.25, -0.2) is 0 Å². The van der Waals surface area contributed by atoms with Gasteiger partial charge in [0.15, 0.2) is 0 Å². The Hall–Kier alpha value is -1.09. The highest BCUT2D eigenvalue weighted by atomic mass is 14.9. The second-order valence-corrected chi connectivity index (χ2v) is 3.72. The zero-order chi connectivity index (χ0) is 10.4. The summed E-state index contributed by atoms with van der Waals surface area (Å²) < 4.78 is 0. The number of nitrogens with zero attached hydrogens (tertiary/aromatic N) is 1. The lowest BCUT2D eigenvalue weighted by Crippen LogP contribution is -2.12. The van der Waals surface area contributed by atoms with E-state index in [4.69, 9.17) is 5.73 Å². The van der Waals surface area contributed by atoms with Crippen molar-refractivity contribution in [2.45, 2.75) is 32.7 Å². The third-order valence-corrected chi connectivity index (χ3v) is 2.00. The van der Waals surface area contributed by atoms with Gasteiger partial charge in [0.05, 0.1) is 0 Å². The quantitative estimate of drug-likeness (QED) is 0.749. The second kappa shape index (κ2) is 5.60. The van der Waals surface area contributed by atoms with E-state index >= 15 is 0 Å². The fraction of sp³-hybridized carbons (Fsp3) is 0.545. The Kier molecular flexibility index (Phi) is 4.40. The van der Waals surface area contributed by atoms with E-state index in [1.165, 1.54) is 11.3 Å². The van der Waals surface area contributed by atoms with Crippen LogP contribution in [0.4, 0.5) is 5.69 Å². The van der Waals surface area contributed by atoms with Crippen molar-refractivity contribution in [1.82, 2.24) is 4.98 Å². The molecule has 78 valence electrons. The molecule has 0 bridgehead atoms. The number of hydrogen-bond donors (Lipinski definition) is 2. The Labute approximate surface area is 85.7 Å². The smallest absolute Gasteiger partial charge is 0.0405 e. The second-order valence-electron chi connectivity index (χ2n) is 3.72. The van der Waals surface area contributed by atoms with E-state index in [9.17, 15) is 0 Å². The number of hydrogen-bond acceptors (Lipinski definition) is 3. The molecule has 3 nitrogen and oxygen atoms in total. The van der Waals surface area contributed by atoms with Crippen LogP contribution in [0.1, 0.15) is 25.8 Å². The fourth-order valence-electron chi connectivity index (χ4n) is 1.37. The molecule has 1 heterocycles. The maximum Gasteiger partial charge on any atom is 0.0405 e. The fourth-order valence-corrected chi connectivity index (χ4v) is 1.37. The van der Waals surface area contributed by atoms with Gasteiger partial charge in [-0.15, -0.1) is 0 Å². The molecule has 0 unspecified atom stereocenters. The normalized spacial score (nSPS) is 10.6. The lowest BCUT2D eigenvalue weighted by Gasteiger charge is -2.13. The van der Waals surface area contributed by atoms with Gasteiger partial charge in [-0.2, -0.15) is 0 Å². The van der Waals surface area contributed by atoms with Crippen LogP contribution in [0.2, 0.25) is 0 Å². The number of rotatable bonds is 5. The highest BCUT2D eigenvalue weighted by Gasteiger charge is 2.02. The van der Waals surface area contributed by atoms with Gasteiger partial charge >= 0.3 is 0 Å². The molecule has 0 spiro atoms. The standard InChI is InChI=1S/C11H19N3/c1-9(2)14-11-5-7-13-8-10(11)4-3-6-12/h5,7-9H,3-4,6,12H2,1-2H3,(H,13,14).